The third kappa shape index (κ3) is 7.23. The predicted octanol–water partition coefficient (Wildman–Crippen LogP) is 4.72. The van der Waals surface area contributed by atoms with Gasteiger partial charge in [-0.1, -0.05) is 12.1 Å². The number of carbonyl (C=O) groups excluding carboxylic acids is 2. The lowest BCUT2D eigenvalue weighted by Gasteiger charge is -2.10. The summed E-state index contributed by atoms with van der Waals surface area (Å²) >= 11 is 5.22. The molecule has 0 saturated heterocycles. The second kappa shape index (κ2) is 12.3. The van der Waals surface area contributed by atoms with Gasteiger partial charge in [0.05, 0.1) is 28.3 Å². The molecule has 0 atom stereocenters. The lowest BCUT2D eigenvalue weighted by atomic mass is 10.2. The molecule has 3 aromatic rings. The van der Waals surface area contributed by atoms with Crippen LogP contribution in [-0.2, 0) is 4.79 Å². The second-order valence-corrected chi connectivity index (χ2v) is 8.75. The zero-order valence-electron chi connectivity index (χ0n) is 18.1. The first-order chi connectivity index (χ1) is 16.8. The fraction of sp³-hybridized carbons (Fsp3) is 0.0870. The average Bonchev–Trinajstić information content (AvgIpc) is 2.84. The van der Waals surface area contributed by atoms with Crippen LogP contribution in [0.1, 0.15) is 15.9 Å². The van der Waals surface area contributed by atoms with Crippen molar-refractivity contribution in [3.05, 3.63) is 89.9 Å². The monoisotopic (exact) mass is 653 g/mol. The minimum absolute atomic E-state index is 0.107. The van der Waals surface area contributed by atoms with Crippen molar-refractivity contribution in [2.24, 2.45) is 5.10 Å². The molecule has 180 valence electrons. The SMILES string of the molecule is COc1cc(C=NNC(=O)COc2ccc([N+](=O)[O-])cc2Br)ccc1OC(=O)c1ccccc1I. The Morgan fingerprint density at radius 3 is 2.54 bits per heavy atom. The minimum atomic E-state index is -0.540. The summed E-state index contributed by atoms with van der Waals surface area (Å²) in [6.07, 6.45) is 1.38. The van der Waals surface area contributed by atoms with E-state index in [0.29, 0.717) is 21.3 Å². The number of ether oxygens (including phenoxy) is 3. The maximum atomic E-state index is 12.5. The van der Waals surface area contributed by atoms with Crippen LogP contribution in [0.15, 0.2) is 70.2 Å². The molecule has 0 aliphatic rings. The first-order valence-electron chi connectivity index (χ1n) is 9.82. The summed E-state index contributed by atoms with van der Waals surface area (Å²) in [5, 5.41) is 14.6. The molecule has 0 heterocycles. The Labute approximate surface area is 221 Å². The van der Waals surface area contributed by atoms with E-state index in [1.165, 1.54) is 31.5 Å². The molecule has 0 unspecified atom stereocenters. The van der Waals surface area contributed by atoms with Crippen LogP contribution in [0.2, 0.25) is 0 Å². The van der Waals surface area contributed by atoms with E-state index in [-0.39, 0.29) is 23.8 Å². The van der Waals surface area contributed by atoms with Gasteiger partial charge in [-0.25, -0.2) is 10.2 Å². The Morgan fingerprint density at radius 2 is 1.86 bits per heavy atom. The Balaban J connectivity index is 1.57. The van der Waals surface area contributed by atoms with Gasteiger partial charge in [-0.15, -0.1) is 0 Å². The molecule has 0 saturated carbocycles. The van der Waals surface area contributed by atoms with E-state index in [0.717, 1.165) is 3.57 Å². The molecule has 0 bridgehead atoms. The summed E-state index contributed by atoms with van der Waals surface area (Å²) in [5.41, 5.74) is 3.23. The molecule has 1 N–H and O–H groups in total. The van der Waals surface area contributed by atoms with E-state index >= 15 is 0 Å². The van der Waals surface area contributed by atoms with Gasteiger partial charge >= 0.3 is 5.97 Å². The molecule has 1 amide bonds. The molecule has 35 heavy (non-hydrogen) atoms. The number of nitro benzene ring substituents is 1. The smallest absolute Gasteiger partial charge is 0.344 e. The van der Waals surface area contributed by atoms with Crippen LogP contribution in [0.5, 0.6) is 17.2 Å². The number of nitrogens with zero attached hydrogens (tertiary/aromatic N) is 2. The van der Waals surface area contributed by atoms with Crippen LogP contribution in [0.25, 0.3) is 0 Å². The number of methoxy groups -OCH3 is 1. The number of nitro groups is 1. The van der Waals surface area contributed by atoms with Gasteiger partial charge < -0.3 is 14.2 Å². The van der Waals surface area contributed by atoms with Crippen LogP contribution in [0.4, 0.5) is 5.69 Å². The van der Waals surface area contributed by atoms with Crippen LogP contribution >= 0.6 is 38.5 Å². The number of rotatable bonds is 9. The van der Waals surface area contributed by atoms with Gasteiger partial charge in [-0.2, -0.15) is 5.10 Å². The van der Waals surface area contributed by atoms with Crippen molar-refractivity contribution < 1.29 is 28.7 Å². The van der Waals surface area contributed by atoms with Crippen LogP contribution in [0.3, 0.4) is 0 Å². The molecule has 0 aliphatic carbocycles. The third-order valence-electron chi connectivity index (χ3n) is 4.37. The summed E-state index contributed by atoms with van der Waals surface area (Å²) in [4.78, 5) is 34.7. The van der Waals surface area contributed by atoms with Gasteiger partial charge in [0.25, 0.3) is 11.6 Å². The molecule has 3 rings (SSSR count). The maximum Gasteiger partial charge on any atom is 0.344 e. The van der Waals surface area contributed by atoms with E-state index < -0.39 is 16.8 Å². The quantitative estimate of drug-likeness (QED) is 0.0884. The number of halogens is 2. The highest BCUT2D eigenvalue weighted by atomic mass is 127. The fourth-order valence-electron chi connectivity index (χ4n) is 2.71. The molecule has 10 nitrogen and oxygen atoms in total. The van der Waals surface area contributed by atoms with Crippen molar-refractivity contribution in [2.75, 3.05) is 13.7 Å². The van der Waals surface area contributed by atoms with Gasteiger partial charge in [0.1, 0.15) is 5.75 Å². The summed E-state index contributed by atoms with van der Waals surface area (Å²) < 4.78 is 17.2. The average molecular weight is 654 g/mol. The van der Waals surface area contributed by atoms with Crippen molar-refractivity contribution in [3.8, 4) is 17.2 Å². The highest BCUT2D eigenvalue weighted by Gasteiger charge is 2.15. The Hall–Kier alpha value is -3.52. The van der Waals surface area contributed by atoms with Gasteiger partial charge in [-0.3, -0.25) is 14.9 Å². The first kappa shape index (κ1) is 26.1. The minimum Gasteiger partial charge on any atom is -0.493 e. The lowest BCUT2D eigenvalue weighted by Crippen LogP contribution is -2.24. The third-order valence-corrected chi connectivity index (χ3v) is 5.93. The van der Waals surface area contributed by atoms with Crippen molar-refractivity contribution in [1.29, 1.82) is 0 Å². The molecule has 0 spiro atoms. The number of benzene rings is 3. The Morgan fingerprint density at radius 1 is 1.11 bits per heavy atom. The second-order valence-electron chi connectivity index (χ2n) is 6.73. The number of carbonyl (C=O) groups is 2. The van der Waals surface area contributed by atoms with Crippen molar-refractivity contribution in [2.45, 2.75) is 0 Å². The summed E-state index contributed by atoms with van der Waals surface area (Å²) in [6.45, 7) is -0.357. The van der Waals surface area contributed by atoms with Crippen LogP contribution < -0.4 is 19.6 Å². The summed E-state index contributed by atoms with van der Waals surface area (Å²) in [7, 11) is 1.44. The summed E-state index contributed by atoms with van der Waals surface area (Å²) in [6, 6.07) is 15.8. The number of amides is 1. The van der Waals surface area contributed by atoms with Gasteiger partial charge in [-0.05, 0) is 80.5 Å². The molecule has 3 aromatic carbocycles. The van der Waals surface area contributed by atoms with E-state index in [1.807, 2.05) is 6.07 Å². The van der Waals surface area contributed by atoms with E-state index in [9.17, 15) is 19.7 Å². The van der Waals surface area contributed by atoms with Crippen molar-refractivity contribution in [3.63, 3.8) is 0 Å². The Kier molecular flexibility index (Phi) is 9.14. The summed E-state index contributed by atoms with van der Waals surface area (Å²) in [5.74, 6) is -0.232. The fourth-order valence-corrected chi connectivity index (χ4v) is 3.79. The highest BCUT2D eigenvalue weighted by molar-refractivity contribution is 14.1. The zero-order chi connectivity index (χ0) is 25.4. The molecule has 12 heteroatoms. The highest BCUT2D eigenvalue weighted by Crippen LogP contribution is 2.30. The number of esters is 1. The van der Waals surface area contributed by atoms with E-state index in [4.69, 9.17) is 14.2 Å². The molecular weight excluding hydrogens is 637 g/mol. The number of non-ortho nitro benzene ring substituents is 1. The molecular formula is C23H17BrIN3O7. The standard InChI is InChI=1S/C23H17BrIN3O7/c1-33-21-10-14(6-8-20(21)35-23(30)16-4-2-3-5-18(16)25)12-26-27-22(29)13-34-19-9-7-15(28(31)32)11-17(19)24/h2-12H,13H2,1H3,(H,27,29). The lowest BCUT2D eigenvalue weighted by molar-refractivity contribution is -0.384. The van der Waals surface area contributed by atoms with Crippen molar-refractivity contribution >= 4 is 62.3 Å². The topological polar surface area (TPSA) is 129 Å². The number of hydrogen-bond donors (Lipinski definition) is 1. The van der Waals surface area contributed by atoms with Crippen LogP contribution in [0, 0.1) is 13.7 Å². The van der Waals surface area contributed by atoms with Gasteiger partial charge in [0.2, 0.25) is 0 Å². The largest absolute Gasteiger partial charge is 0.493 e. The molecule has 0 aliphatic heterocycles. The van der Waals surface area contributed by atoms with Gasteiger partial charge in [0.15, 0.2) is 18.1 Å². The molecule has 0 radical (unpaired) electrons. The number of hydrogen-bond acceptors (Lipinski definition) is 8. The maximum absolute atomic E-state index is 12.5. The predicted molar refractivity (Wildman–Crippen MR) is 139 cm³/mol. The first-order valence-corrected chi connectivity index (χ1v) is 11.7. The Bertz CT molecular complexity index is 1300. The van der Waals surface area contributed by atoms with E-state index in [2.05, 4.69) is 49.0 Å². The van der Waals surface area contributed by atoms with Crippen molar-refractivity contribution in [1.82, 2.24) is 5.43 Å². The molecule has 0 fully saturated rings. The van der Waals surface area contributed by atoms with Crippen LogP contribution in [-0.4, -0.2) is 36.7 Å². The van der Waals surface area contributed by atoms with E-state index in [1.54, 1.807) is 36.4 Å². The molecule has 0 aromatic heterocycles. The zero-order valence-corrected chi connectivity index (χ0v) is 21.8. The van der Waals surface area contributed by atoms with Gasteiger partial charge in [0, 0.05) is 15.7 Å². The number of hydrazone groups is 1. The number of nitrogens with one attached hydrogen (secondary N) is 1. The normalized spacial score (nSPS) is 10.6.